The summed E-state index contributed by atoms with van der Waals surface area (Å²) in [7, 11) is 9.38. The van der Waals surface area contributed by atoms with Crippen LogP contribution in [0.15, 0.2) is 48.5 Å². The van der Waals surface area contributed by atoms with E-state index in [1.165, 1.54) is 0 Å². The van der Waals surface area contributed by atoms with Gasteiger partial charge in [-0.05, 0) is 48.0 Å². The molecule has 1 atom stereocenters. The van der Waals surface area contributed by atoms with Crippen LogP contribution in [-0.2, 0) is 4.84 Å². The molecule has 0 radical (unpaired) electrons. The van der Waals surface area contributed by atoms with Crippen LogP contribution in [-0.4, -0.2) is 55.9 Å². The molecule has 0 bridgehead atoms. The summed E-state index contributed by atoms with van der Waals surface area (Å²) in [6, 6.07) is 12.5. The van der Waals surface area contributed by atoms with Crippen molar-refractivity contribution in [1.82, 2.24) is 5.48 Å². The summed E-state index contributed by atoms with van der Waals surface area (Å²) >= 11 is 6.08. The van der Waals surface area contributed by atoms with Gasteiger partial charge in [0.2, 0.25) is 11.5 Å². The van der Waals surface area contributed by atoms with Crippen molar-refractivity contribution in [3.05, 3.63) is 64.7 Å². The molecule has 0 saturated heterocycles. The normalized spacial score (nSPS) is 14.1. The van der Waals surface area contributed by atoms with Crippen LogP contribution in [0.5, 0.6) is 46.0 Å². The maximum absolute atomic E-state index is 6.08. The average Bonchev–Trinajstić information content (AvgIpc) is 3.48. The Morgan fingerprint density at radius 3 is 1.80 bits per heavy atom. The topological polar surface area (TPSA) is 95.1 Å². The van der Waals surface area contributed by atoms with Gasteiger partial charge in [-0.15, -0.1) is 0 Å². The van der Waals surface area contributed by atoms with Crippen LogP contribution in [0.1, 0.15) is 17.2 Å². The van der Waals surface area contributed by atoms with Crippen LogP contribution >= 0.6 is 11.6 Å². The predicted molar refractivity (Wildman–Crippen MR) is 150 cm³/mol. The third-order valence-corrected chi connectivity index (χ3v) is 6.35. The van der Waals surface area contributed by atoms with Gasteiger partial charge in [-0.3, -0.25) is 10.3 Å². The zero-order valence-corrected chi connectivity index (χ0v) is 23.9. The first kappa shape index (κ1) is 28.8. The number of nitrogens with one attached hydrogen (secondary N) is 1. The number of hydroxylamine groups is 1. The Balaban J connectivity index is 1.52. The lowest BCUT2D eigenvalue weighted by molar-refractivity contribution is 0.0507. The van der Waals surface area contributed by atoms with Gasteiger partial charge in [-0.2, -0.15) is 0 Å². The Labute approximate surface area is 238 Å². The van der Waals surface area contributed by atoms with E-state index in [2.05, 4.69) is 5.48 Å². The van der Waals surface area contributed by atoms with E-state index < -0.39 is 6.10 Å². The number of hydrogen-bond acceptors (Lipinski definition) is 10. The second-order valence-electron chi connectivity index (χ2n) is 8.38. The molecule has 10 nitrogen and oxygen atoms in total. The standard InChI is InChI=1S/C29H32ClNO9/c1-32-21-8-7-19(30)15-23(21)38-9-10-39-29-26(35-4)13-18(14-27(29)36-5)22-16-20(31-40-22)17-11-24(33-2)28(37-6)25(12-17)34-3/h7-8,11-16,22,31H,9-10H2,1-6H3. The molecular formula is C29H32ClNO9. The highest BCUT2D eigenvalue weighted by Gasteiger charge is 2.25. The first-order chi connectivity index (χ1) is 19.5. The van der Waals surface area contributed by atoms with Crippen molar-refractivity contribution < 1.29 is 42.7 Å². The molecule has 0 amide bonds. The lowest BCUT2D eigenvalue weighted by Gasteiger charge is -2.18. The van der Waals surface area contributed by atoms with Crippen molar-refractivity contribution in [2.24, 2.45) is 0 Å². The second-order valence-corrected chi connectivity index (χ2v) is 8.82. The highest BCUT2D eigenvalue weighted by molar-refractivity contribution is 6.30. The van der Waals surface area contributed by atoms with E-state index in [4.69, 9.17) is 54.3 Å². The fraction of sp³-hybridized carbons (Fsp3) is 0.310. The quantitative estimate of drug-likeness (QED) is 0.265. The molecular weight excluding hydrogens is 542 g/mol. The lowest BCUT2D eigenvalue weighted by atomic mass is 10.0. The summed E-state index contributed by atoms with van der Waals surface area (Å²) < 4.78 is 44.7. The van der Waals surface area contributed by atoms with Gasteiger partial charge in [-0.25, -0.2) is 0 Å². The lowest BCUT2D eigenvalue weighted by Crippen LogP contribution is -2.11. The Morgan fingerprint density at radius 2 is 1.23 bits per heavy atom. The van der Waals surface area contributed by atoms with E-state index in [-0.39, 0.29) is 13.2 Å². The second kappa shape index (κ2) is 13.3. The van der Waals surface area contributed by atoms with Crippen molar-refractivity contribution >= 4 is 17.3 Å². The van der Waals surface area contributed by atoms with E-state index >= 15 is 0 Å². The zero-order valence-electron chi connectivity index (χ0n) is 23.2. The van der Waals surface area contributed by atoms with Crippen LogP contribution in [0.25, 0.3) is 5.70 Å². The summed E-state index contributed by atoms with van der Waals surface area (Å²) in [5.41, 5.74) is 5.30. The highest BCUT2D eigenvalue weighted by Crippen LogP contribution is 2.44. The molecule has 1 aliphatic heterocycles. The van der Waals surface area contributed by atoms with Crippen LogP contribution in [0.2, 0.25) is 5.02 Å². The van der Waals surface area contributed by atoms with Crippen molar-refractivity contribution in [3.8, 4) is 46.0 Å². The number of methoxy groups -OCH3 is 6. The average molecular weight is 574 g/mol. The molecule has 1 aliphatic rings. The minimum absolute atomic E-state index is 0.217. The minimum Gasteiger partial charge on any atom is -0.493 e. The van der Waals surface area contributed by atoms with Gasteiger partial charge in [0.15, 0.2) is 34.5 Å². The molecule has 1 N–H and O–H groups in total. The third-order valence-electron chi connectivity index (χ3n) is 6.11. The van der Waals surface area contributed by atoms with E-state index in [1.54, 1.807) is 60.9 Å². The number of ether oxygens (including phenoxy) is 8. The van der Waals surface area contributed by atoms with Gasteiger partial charge in [0.05, 0.1) is 48.4 Å². The number of hydrogen-bond donors (Lipinski definition) is 1. The number of benzene rings is 3. The summed E-state index contributed by atoms with van der Waals surface area (Å²) in [4.78, 5) is 5.88. The van der Waals surface area contributed by atoms with Crippen molar-refractivity contribution in [3.63, 3.8) is 0 Å². The van der Waals surface area contributed by atoms with Crippen molar-refractivity contribution in [2.75, 3.05) is 55.9 Å². The minimum atomic E-state index is -0.440. The largest absolute Gasteiger partial charge is 0.493 e. The molecule has 0 fully saturated rings. The Bertz CT molecular complexity index is 1310. The summed E-state index contributed by atoms with van der Waals surface area (Å²) in [5, 5.41) is 0.543. The van der Waals surface area contributed by atoms with Crippen LogP contribution in [0.3, 0.4) is 0 Å². The molecule has 1 heterocycles. The number of halogens is 1. The molecule has 3 aromatic rings. The Hall–Kier alpha value is -4.15. The van der Waals surface area contributed by atoms with E-state index in [1.807, 2.05) is 30.3 Å². The molecule has 214 valence electrons. The Kier molecular flexibility index (Phi) is 9.57. The van der Waals surface area contributed by atoms with Gasteiger partial charge in [0, 0.05) is 16.7 Å². The van der Waals surface area contributed by atoms with Gasteiger partial charge >= 0.3 is 0 Å². The summed E-state index contributed by atoms with van der Waals surface area (Å²) in [6.45, 7) is 0.454. The predicted octanol–water partition coefficient (Wildman–Crippen LogP) is 5.47. The molecule has 0 spiro atoms. The maximum Gasteiger partial charge on any atom is 0.203 e. The van der Waals surface area contributed by atoms with Crippen molar-refractivity contribution in [1.29, 1.82) is 0 Å². The monoisotopic (exact) mass is 573 g/mol. The molecule has 0 aliphatic carbocycles. The molecule has 11 heteroatoms. The molecule has 0 saturated carbocycles. The highest BCUT2D eigenvalue weighted by atomic mass is 35.5. The SMILES string of the molecule is COc1ccc(Cl)cc1OCCOc1c(OC)cc(C2C=C(c3cc(OC)c(OC)c(OC)c3)NO2)cc1OC. The molecule has 4 rings (SSSR count). The van der Waals surface area contributed by atoms with Crippen LogP contribution in [0, 0.1) is 0 Å². The zero-order chi connectivity index (χ0) is 28.6. The summed E-state index contributed by atoms with van der Waals surface area (Å²) in [6.07, 6.45) is 1.49. The van der Waals surface area contributed by atoms with Crippen LogP contribution < -0.4 is 43.4 Å². The van der Waals surface area contributed by atoms with Crippen LogP contribution in [0.4, 0.5) is 0 Å². The van der Waals surface area contributed by atoms with E-state index in [9.17, 15) is 0 Å². The van der Waals surface area contributed by atoms with Gasteiger partial charge < -0.3 is 37.9 Å². The van der Waals surface area contributed by atoms with E-state index in [0.717, 1.165) is 16.8 Å². The maximum atomic E-state index is 6.08. The molecule has 3 aromatic carbocycles. The Morgan fingerprint density at radius 1 is 0.650 bits per heavy atom. The molecule has 0 aromatic heterocycles. The first-order valence-electron chi connectivity index (χ1n) is 12.2. The smallest absolute Gasteiger partial charge is 0.203 e. The molecule has 1 unspecified atom stereocenters. The first-order valence-corrected chi connectivity index (χ1v) is 12.6. The molecule has 40 heavy (non-hydrogen) atoms. The number of rotatable bonds is 13. The van der Waals surface area contributed by atoms with Gasteiger partial charge in [0.1, 0.15) is 19.3 Å². The third kappa shape index (κ3) is 6.19. The van der Waals surface area contributed by atoms with Crippen molar-refractivity contribution in [2.45, 2.75) is 6.10 Å². The van der Waals surface area contributed by atoms with Gasteiger partial charge in [0.25, 0.3) is 0 Å². The fourth-order valence-corrected chi connectivity index (χ4v) is 4.33. The van der Waals surface area contributed by atoms with E-state index in [0.29, 0.717) is 51.0 Å². The van der Waals surface area contributed by atoms with Gasteiger partial charge in [-0.1, -0.05) is 11.6 Å². The fourth-order valence-electron chi connectivity index (χ4n) is 4.17. The summed E-state index contributed by atoms with van der Waals surface area (Å²) in [5.74, 6) is 4.07.